The van der Waals surface area contributed by atoms with E-state index < -0.39 is 43.4 Å². The molecule has 1 unspecified atom stereocenters. The Balaban J connectivity index is 2.65. The molecule has 1 amide bonds. The lowest BCUT2D eigenvalue weighted by Crippen LogP contribution is -2.36. The maximum absolute atomic E-state index is 12.7. The third-order valence-corrected chi connectivity index (χ3v) is 2.95. The molecule has 1 aromatic carbocycles. The molecule has 0 bridgehead atoms. The third-order valence-electron chi connectivity index (χ3n) is 2.95. The van der Waals surface area contributed by atoms with E-state index in [4.69, 9.17) is 10.4 Å². The average Bonchev–Trinajstić information content (AvgIpc) is 2.45. The van der Waals surface area contributed by atoms with Crippen molar-refractivity contribution >= 4 is 11.9 Å². The fourth-order valence-electron chi connectivity index (χ4n) is 1.69. The predicted molar refractivity (Wildman–Crippen MR) is 69.9 cm³/mol. The summed E-state index contributed by atoms with van der Waals surface area (Å²) >= 11 is 0. The minimum absolute atomic E-state index is 0.123. The molecule has 5 nitrogen and oxygen atoms in total. The molecule has 0 saturated heterocycles. The van der Waals surface area contributed by atoms with Gasteiger partial charge in [0.2, 0.25) is 0 Å². The van der Waals surface area contributed by atoms with Crippen molar-refractivity contribution in [3.8, 4) is 6.07 Å². The third kappa shape index (κ3) is 5.44. The molecule has 2 N–H and O–H groups in total. The van der Waals surface area contributed by atoms with Gasteiger partial charge in [-0.25, -0.2) is 0 Å². The number of halogens is 3. The molecule has 1 rings (SSSR count). The van der Waals surface area contributed by atoms with Crippen LogP contribution in [0.3, 0.4) is 0 Å². The molecule has 0 radical (unpaired) electrons. The van der Waals surface area contributed by atoms with Crippen molar-refractivity contribution in [2.24, 2.45) is 5.92 Å². The first kappa shape index (κ1) is 17.5. The molecule has 0 aliphatic rings. The summed E-state index contributed by atoms with van der Waals surface area (Å²) in [6.45, 7) is -0.699. The minimum Gasteiger partial charge on any atom is -0.481 e. The number of benzene rings is 1. The SMILES string of the molecule is N#Cc1ccc(C(=O)NCC(CCC(=O)O)C(F)(F)F)cc1. The van der Waals surface area contributed by atoms with Gasteiger partial charge in [-0.3, -0.25) is 9.59 Å². The van der Waals surface area contributed by atoms with Gasteiger partial charge in [-0.1, -0.05) is 0 Å². The lowest BCUT2D eigenvalue weighted by Gasteiger charge is -2.20. The van der Waals surface area contributed by atoms with Gasteiger partial charge < -0.3 is 10.4 Å². The van der Waals surface area contributed by atoms with Crippen molar-refractivity contribution in [1.82, 2.24) is 5.32 Å². The van der Waals surface area contributed by atoms with Crippen LogP contribution in [0.15, 0.2) is 24.3 Å². The molecule has 0 spiro atoms. The number of carboxylic acids is 1. The largest absolute Gasteiger partial charge is 0.481 e. The topological polar surface area (TPSA) is 90.2 Å². The zero-order valence-electron chi connectivity index (χ0n) is 11.4. The Bertz CT molecular complexity index is 576. The van der Waals surface area contributed by atoms with Crippen molar-refractivity contribution < 1.29 is 27.9 Å². The summed E-state index contributed by atoms with van der Waals surface area (Å²) in [5.74, 6) is -3.97. The Morgan fingerprint density at radius 1 is 1.27 bits per heavy atom. The van der Waals surface area contributed by atoms with Crippen LogP contribution in [0.1, 0.15) is 28.8 Å². The summed E-state index contributed by atoms with van der Waals surface area (Å²) in [5.41, 5.74) is 0.448. The van der Waals surface area contributed by atoms with E-state index in [1.165, 1.54) is 24.3 Å². The number of carboxylic acid groups (broad SMARTS) is 1. The highest BCUT2D eigenvalue weighted by molar-refractivity contribution is 5.94. The molecule has 1 atom stereocenters. The van der Waals surface area contributed by atoms with Crippen LogP contribution in [0.25, 0.3) is 0 Å². The molecule has 0 aliphatic carbocycles. The highest BCUT2D eigenvalue weighted by atomic mass is 19.4. The van der Waals surface area contributed by atoms with E-state index in [2.05, 4.69) is 5.32 Å². The fourth-order valence-corrected chi connectivity index (χ4v) is 1.69. The smallest absolute Gasteiger partial charge is 0.393 e. The van der Waals surface area contributed by atoms with Gasteiger partial charge >= 0.3 is 12.1 Å². The summed E-state index contributed by atoms with van der Waals surface area (Å²) in [4.78, 5) is 22.1. The lowest BCUT2D eigenvalue weighted by molar-refractivity contribution is -0.175. The number of carbonyl (C=O) groups is 2. The first-order chi connectivity index (χ1) is 10.2. The van der Waals surface area contributed by atoms with Crippen LogP contribution in [0.2, 0.25) is 0 Å². The van der Waals surface area contributed by atoms with Gasteiger partial charge in [0.15, 0.2) is 0 Å². The number of rotatable bonds is 6. The van der Waals surface area contributed by atoms with Gasteiger partial charge in [-0.2, -0.15) is 18.4 Å². The molecule has 0 heterocycles. The lowest BCUT2D eigenvalue weighted by atomic mass is 10.0. The zero-order chi connectivity index (χ0) is 16.8. The highest BCUT2D eigenvalue weighted by Gasteiger charge is 2.39. The number of amides is 1. The summed E-state index contributed by atoms with van der Waals surface area (Å²) in [6, 6.07) is 7.26. The van der Waals surface area contributed by atoms with E-state index in [0.717, 1.165) is 0 Å². The van der Waals surface area contributed by atoms with Gasteiger partial charge in [-0.15, -0.1) is 0 Å². The summed E-state index contributed by atoms with van der Waals surface area (Å²) < 4.78 is 38.2. The Hall–Kier alpha value is -2.56. The first-order valence-corrected chi connectivity index (χ1v) is 6.31. The minimum atomic E-state index is -4.59. The second kappa shape index (κ2) is 7.45. The van der Waals surface area contributed by atoms with Gasteiger partial charge in [0.1, 0.15) is 0 Å². The number of nitrogens with one attached hydrogen (secondary N) is 1. The maximum Gasteiger partial charge on any atom is 0.393 e. The first-order valence-electron chi connectivity index (χ1n) is 6.31. The van der Waals surface area contributed by atoms with Crippen molar-refractivity contribution in [2.75, 3.05) is 6.54 Å². The van der Waals surface area contributed by atoms with E-state index in [-0.39, 0.29) is 5.56 Å². The number of nitriles is 1. The molecule has 22 heavy (non-hydrogen) atoms. The van der Waals surface area contributed by atoms with Gasteiger partial charge in [-0.05, 0) is 30.7 Å². The van der Waals surface area contributed by atoms with Crippen LogP contribution in [-0.4, -0.2) is 29.7 Å². The molecule has 0 saturated carbocycles. The van der Waals surface area contributed by atoms with Crippen LogP contribution < -0.4 is 5.32 Å². The van der Waals surface area contributed by atoms with Crippen molar-refractivity contribution in [3.63, 3.8) is 0 Å². The van der Waals surface area contributed by atoms with Crippen molar-refractivity contribution in [3.05, 3.63) is 35.4 Å². The molecule has 118 valence electrons. The summed E-state index contributed by atoms with van der Waals surface area (Å²) in [6.07, 6.45) is -5.82. The van der Waals surface area contributed by atoms with Crippen LogP contribution in [0.4, 0.5) is 13.2 Å². The second-order valence-electron chi connectivity index (χ2n) is 4.57. The van der Waals surface area contributed by atoms with E-state index in [1.807, 2.05) is 6.07 Å². The van der Waals surface area contributed by atoms with Crippen molar-refractivity contribution in [1.29, 1.82) is 5.26 Å². The van der Waals surface area contributed by atoms with E-state index in [9.17, 15) is 22.8 Å². The Kier molecular flexibility index (Phi) is 5.92. The number of hydrogen-bond acceptors (Lipinski definition) is 3. The van der Waals surface area contributed by atoms with Crippen LogP contribution in [0.5, 0.6) is 0 Å². The molecule has 0 aromatic heterocycles. The monoisotopic (exact) mass is 314 g/mol. The highest BCUT2D eigenvalue weighted by Crippen LogP contribution is 2.29. The Morgan fingerprint density at radius 2 is 1.86 bits per heavy atom. The molecular formula is C14H13F3N2O3. The van der Waals surface area contributed by atoms with E-state index in [0.29, 0.717) is 5.56 Å². The van der Waals surface area contributed by atoms with Crippen LogP contribution in [-0.2, 0) is 4.79 Å². The van der Waals surface area contributed by atoms with Gasteiger partial charge in [0.25, 0.3) is 5.91 Å². The van der Waals surface area contributed by atoms with E-state index in [1.54, 1.807) is 0 Å². The number of aliphatic carboxylic acids is 1. The van der Waals surface area contributed by atoms with Crippen LogP contribution in [0, 0.1) is 17.2 Å². The fraction of sp³-hybridized carbons (Fsp3) is 0.357. The summed E-state index contributed by atoms with van der Waals surface area (Å²) in [5, 5.41) is 19.2. The molecule has 0 aliphatic heterocycles. The van der Waals surface area contributed by atoms with Crippen molar-refractivity contribution in [2.45, 2.75) is 19.0 Å². The summed E-state index contributed by atoms with van der Waals surface area (Å²) in [7, 11) is 0. The second-order valence-corrected chi connectivity index (χ2v) is 4.57. The standard InChI is InChI=1S/C14H13F3N2O3/c15-14(16,17)11(5-6-12(20)21)8-19-13(22)10-3-1-9(7-18)2-4-10/h1-4,11H,5-6,8H2,(H,19,22)(H,20,21). The molecule has 8 heteroatoms. The van der Waals surface area contributed by atoms with Gasteiger partial charge in [0, 0.05) is 18.5 Å². The quantitative estimate of drug-likeness (QED) is 0.843. The molecular weight excluding hydrogens is 301 g/mol. The Labute approximate surface area is 124 Å². The van der Waals surface area contributed by atoms with Crippen LogP contribution >= 0.6 is 0 Å². The predicted octanol–water partition coefficient (Wildman–Crippen LogP) is 2.33. The number of alkyl halides is 3. The van der Waals surface area contributed by atoms with Gasteiger partial charge in [0.05, 0.1) is 17.6 Å². The number of hydrogen-bond donors (Lipinski definition) is 2. The normalized spacial score (nSPS) is 12.3. The number of nitrogens with zero attached hydrogens (tertiary/aromatic N) is 1. The Morgan fingerprint density at radius 3 is 2.32 bits per heavy atom. The number of carbonyl (C=O) groups excluding carboxylic acids is 1. The average molecular weight is 314 g/mol. The van der Waals surface area contributed by atoms with E-state index >= 15 is 0 Å². The zero-order valence-corrected chi connectivity index (χ0v) is 11.4. The molecule has 1 aromatic rings. The maximum atomic E-state index is 12.7. The molecule has 0 fully saturated rings.